The number of likely N-dealkylation sites (tertiary alicyclic amines) is 1. The maximum atomic E-state index is 12.6. The van der Waals surface area contributed by atoms with Gasteiger partial charge in [-0.15, -0.1) is 0 Å². The zero-order valence-electron chi connectivity index (χ0n) is 15.5. The second kappa shape index (κ2) is 6.98. The third-order valence-electron chi connectivity index (χ3n) is 5.42. The molecule has 1 N–H and O–H groups in total. The maximum absolute atomic E-state index is 12.6. The summed E-state index contributed by atoms with van der Waals surface area (Å²) in [6, 6.07) is 5.75. The van der Waals surface area contributed by atoms with Gasteiger partial charge >= 0.3 is 0 Å². The summed E-state index contributed by atoms with van der Waals surface area (Å²) in [5.74, 6) is 1.04. The fourth-order valence-corrected chi connectivity index (χ4v) is 3.79. The van der Waals surface area contributed by atoms with Crippen LogP contribution in [-0.2, 0) is 11.2 Å². The Morgan fingerprint density at radius 3 is 2.81 bits per heavy atom. The Hall–Kier alpha value is -2.96. The molecule has 0 atom stereocenters. The van der Waals surface area contributed by atoms with Gasteiger partial charge in [-0.1, -0.05) is 11.2 Å². The van der Waals surface area contributed by atoms with Crippen molar-refractivity contribution in [3.05, 3.63) is 57.5 Å². The van der Waals surface area contributed by atoms with Crippen molar-refractivity contribution >= 4 is 16.8 Å². The number of nitrogens with zero attached hydrogens (tertiary/aromatic N) is 3. The van der Waals surface area contributed by atoms with Gasteiger partial charge in [-0.3, -0.25) is 14.6 Å². The number of pyridine rings is 2. The standard InChI is InChI=1S/C20H22N4O3/c1-12-16(13(2)27-23-12)11-18(25)24-8-5-14(6-9-24)17-10-15-4-3-7-21-19(15)20(26)22-17/h3-4,7,10,14H,5-6,8-9,11H2,1-2H3,(H,22,26). The highest BCUT2D eigenvalue weighted by Gasteiger charge is 2.26. The van der Waals surface area contributed by atoms with E-state index in [1.54, 1.807) is 6.20 Å². The van der Waals surface area contributed by atoms with Crippen LogP contribution in [0.4, 0.5) is 0 Å². The summed E-state index contributed by atoms with van der Waals surface area (Å²) in [7, 11) is 0. The van der Waals surface area contributed by atoms with Crippen molar-refractivity contribution in [3.63, 3.8) is 0 Å². The van der Waals surface area contributed by atoms with Gasteiger partial charge in [0.1, 0.15) is 11.3 Å². The van der Waals surface area contributed by atoms with Crippen LogP contribution in [0.15, 0.2) is 33.7 Å². The summed E-state index contributed by atoms with van der Waals surface area (Å²) < 4.78 is 5.15. The monoisotopic (exact) mass is 366 g/mol. The van der Waals surface area contributed by atoms with Crippen molar-refractivity contribution in [3.8, 4) is 0 Å². The van der Waals surface area contributed by atoms with Gasteiger partial charge in [0.25, 0.3) is 5.56 Å². The number of nitrogens with one attached hydrogen (secondary N) is 1. The van der Waals surface area contributed by atoms with Crippen molar-refractivity contribution in [2.45, 2.75) is 39.0 Å². The van der Waals surface area contributed by atoms with Crippen molar-refractivity contribution < 1.29 is 9.32 Å². The van der Waals surface area contributed by atoms with Gasteiger partial charge in [-0.2, -0.15) is 0 Å². The van der Waals surface area contributed by atoms with Crippen molar-refractivity contribution in [2.24, 2.45) is 0 Å². The first-order chi connectivity index (χ1) is 13.0. The molecule has 4 heterocycles. The first-order valence-corrected chi connectivity index (χ1v) is 9.20. The molecule has 7 heteroatoms. The third-order valence-corrected chi connectivity index (χ3v) is 5.42. The number of H-pyrrole nitrogens is 1. The number of aromatic nitrogens is 3. The highest BCUT2D eigenvalue weighted by atomic mass is 16.5. The minimum atomic E-state index is -0.153. The minimum absolute atomic E-state index is 0.0963. The van der Waals surface area contributed by atoms with E-state index in [0.29, 0.717) is 30.8 Å². The Bertz CT molecular complexity index is 1030. The van der Waals surface area contributed by atoms with E-state index in [9.17, 15) is 9.59 Å². The van der Waals surface area contributed by atoms with Gasteiger partial charge in [-0.05, 0) is 38.8 Å². The molecular weight excluding hydrogens is 344 g/mol. The minimum Gasteiger partial charge on any atom is -0.361 e. The van der Waals surface area contributed by atoms with Crippen molar-refractivity contribution in [2.75, 3.05) is 13.1 Å². The summed E-state index contributed by atoms with van der Waals surface area (Å²) >= 11 is 0. The van der Waals surface area contributed by atoms with Crippen LogP contribution in [0, 0.1) is 13.8 Å². The number of piperidine rings is 1. The lowest BCUT2D eigenvalue weighted by Gasteiger charge is -2.32. The van der Waals surface area contributed by atoms with E-state index in [4.69, 9.17) is 4.52 Å². The second-order valence-corrected chi connectivity index (χ2v) is 7.13. The number of carbonyl (C=O) groups is 1. The molecule has 140 valence electrons. The lowest BCUT2D eigenvalue weighted by Crippen LogP contribution is -2.39. The molecule has 1 saturated heterocycles. The number of fused-ring (bicyclic) bond motifs is 1. The molecule has 0 bridgehead atoms. The van der Waals surface area contributed by atoms with E-state index < -0.39 is 0 Å². The van der Waals surface area contributed by atoms with Crippen LogP contribution in [0.3, 0.4) is 0 Å². The number of hydrogen-bond acceptors (Lipinski definition) is 5. The quantitative estimate of drug-likeness (QED) is 0.769. The predicted molar refractivity (Wildman–Crippen MR) is 101 cm³/mol. The van der Waals surface area contributed by atoms with E-state index >= 15 is 0 Å². The Balaban J connectivity index is 1.44. The summed E-state index contributed by atoms with van der Waals surface area (Å²) in [5, 5.41) is 4.77. The van der Waals surface area contributed by atoms with E-state index in [-0.39, 0.29) is 17.4 Å². The molecule has 3 aromatic rings. The van der Waals surface area contributed by atoms with Gasteiger partial charge in [0, 0.05) is 41.8 Å². The van der Waals surface area contributed by atoms with Gasteiger partial charge in [0.05, 0.1) is 12.1 Å². The Morgan fingerprint density at radius 2 is 2.11 bits per heavy atom. The maximum Gasteiger partial charge on any atom is 0.274 e. The largest absolute Gasteiger partial charge is 0.361 e. The summed E-state index contributed by atoms with van der Waals surface area (Å²) in [6.07, 6.45) is 3.61. The molecule has 7 nitrogen and oxygen atoms in total. The zero-order valence-corrected chi connectivity index (χ0v) is 15.5. The molecule has 0 spiro atoms. The summed E-state index contributed by atoms with van der Waals surface area (Å²) in [5.41, 5.74) is 2.90. The number of hydrogen-bond donors (Lipinski definition) is 1. The highest BCUT2D eigenvalue weighted by molar-refractivity contribution is 5.79. The van der Waals surface area contributed by atoms with Gasteiger partial charge in [0.2, 0.25) is 5.91 Å². The van der Waals surface area contributed by atoms with Crippen LogP contribution >= 0.6 is 0 Å². The van der Waals surface area contributed by atoms with E-state index in [0.717, 1.165) is 35.2 Å². The summed E-state index contributed by atoms with van der Waals surface area (Å²) in [4.78, 5) is 33.9. The van der Waals surface area contributed by atoms with Crippen LogP contribution in [0.2, 0.25) is 0 Å². The van der Waals surface area contributed by atoms with E-state index in [2.05, 4.69) is 15.1 Å². The first-order valence-electron chi connectivity index (χ1n) is 9.20. The topological polar surface area (TPSA) is 92.1 Å². The van der Waals surface area contributed by atoms with E-state index in [1.165, 1.54) is 0 Å². The number of aromatic amines is 1. The lowest BCUT2D eigenvalue weighted by molar-refractivity contribution is -0.131. The van der Waals surface area contributed by atoms with Crippen LogP contribution in [0.25, 0.3) is 10.9 Å². The van der Waals surface area contributed by atoms with Gasteiger partial charge in [-0.25, -0.2) is 0 Å². The lowest BCUT2D eigenvalue weighted by atomic mass is 9.92. The van der Waals surface area contributed by atoms with Gasteiger partial charge in [0.15, 0.2) is 0 Å². The van der Waals surface area contributed by atoms with Crippen LogP contribution in [0.1, 0.15) is 41.5 Å². The molecule has 1 fully saturated rings. The smallest absolute Gasteiger partial charge is 0.274 e. The predicted octanol–water partition coefficient (Wildman–Crippen LogP) is 2.48. The number of aryl methyl sites for hydroxylation is 2. The van der Waals surface area contributed by atoms with Crippen LogP contribution < -0.4 is 5.56 Å². The van der Waals surface area contributed by atoms with Crippen molar-refractivity contribution in [1.82, 2.24) is 20.0 Å². The molecule has 0 unspecified atom stereocenters. The molecular formula is C20H22N4O3. The zero-order chi connectivity index (χ0) is 19.0. The fourth-order valence-electron chi connectivity index (χ4n) is 3.79. The Morgan fingerprint density at radius 1 is 1.33 bits per heavy atom. The normalized spacial score (nSPS) is 15.4. The Labute approximate surface area is 156 Å². The average Bonchev–Trinajstić information content (AvgIpc) is 3.00. The van der Waals surface area contributed by atoms with Crippen molar-refractivity contribution in [1.29, 1.82) is 0 Å². The third kappa shape index (κ3) is 3.37. The highest BCUT2D eigenvalue weighted by Crippen LogP contribution is 2.28. The van der Waals surface area contributed by atoms with Crippen LogP contribution in [-0.4, -0.2) is 39.0 Å². The van der Waals surface area contributed by atoms with Crippen LogP contribution in [0.5, 0.6) is 0 Å². The first kappa shape index (κ1) is 17.5. The fraction of sp³-hybridized carbons (Fsp3) is 0.400. The molecule has 27 heavy (non-hydrogen) atoms. The molecule has 0 aliphatic carbocycles. The molecule has 0 saturated carbocycles. The molecule has 3 aromatic heterocycles. The average molecular weight is 366 g/mol. The molecule has 1 aliphatic heterocycles. The molecule has 1 aliphatic rings. The van der Waals surface area contributed by atoms with E-state index in [1.807, 2.05) is 36.9 Å². The molecule has 1 amide bonds. The molecule has 0 aromatic carbocycles. The Kier molecular flexibility index (Phi) is 4.51. The number of carbonyl (C=O) groups excluding carboxylic acids is 1. The van der Waals surface area contributed by atoms with Gasteiger partial charge < -0.3 is 14.4 Å². The SMILES string of the molecule is Cc1noc(C)c1CC(=O)N1CCC(c2cc3cccnc3c(=O)[nH]2)CC1. The number of rotatable bonds is 3. The molecule has 0 radical (unpaired) electrons. The number of amides is 1. The molecule has 4 rings (SSSR count). The summed E-state index contributed by atoms with van der Waals surface area (Å²) in [6.45, 7) is 5.05. The second-order valence-electron chi connectivity index (χ2n) is 7.13.